The first-order valence-corrected chi connectivity index (χ1v) is 13.1. The zero-order valence-electron chi connectivity index (χ0n) is 22.6. The number of carbonyl (C=O) groups excluding carboxylic acids is 2. The summed E-state index contributed by atoms with van der Waals surface area (Å²) in [5, 5.41) is 0. The molecule has 0 aliphatic heterocycles. The summed E-state index contributed by atoms with van der Waals surface area (Å²) in [4.78, 5) is 24.0. The van der Waals surface area contributed by atoms with Crippen molar-refractivity contribution >= 4 is 11.9 Å². The fourth-order valence-electron chi connectivity index (χ4n) is 3.60. The van der Waals surface area contributed by atoms with Gasteiger partial charge in [0.05, 0.1) is 18.8 Å². The lowest BCUT2D eigenvalue weighted by atomic mass is 10.1. The van der Waals surface area contributed by atoms with Gasteiger partial charge in [0, 0.05) is 0 Å². The van der Waals surface area contributed by atoms with Crippen molar-refractivity contribution in [1.82, 2.24) is 0 Å². The fraction of sp³-hybridized carbons (Fsp3) is 0.212. The van der Waals surface area contributed by atoms with Gasteiger partial charge in [-0.2, -0.15) is 0 Å². The van der Waals surface area contributed by atoms with Gasteiger partial charge in [0.25, 0.3) is 0 Å². The third-order valence-electron chi connectivity index (χ3n) is 5.80. The van der Waals surface area contributed by atoms with Crippen LogP contribution in [-0.2, 0) is 54.9 Å². The number of hydrogen-bond acceptors (Lipinski definition) is 8. The van der Waals surface area contributed by atoms with Crippen LogP contribution >= 0.6 is 0 Å². The lowest BCUT2D eigenvalue weighted by molar-refractivity contribution is -0.156. The van der Waals surface area contributed by atoms with E-state index in [1.165, 1.54) is 0 Å². The van der Waals surface area contributed by atoms with Crippen molar-refractivity contribution in [3.63, 3.8) is 0 Å². The molecule has 4 rings (SSSR count). The van der Waals surface area contributed by atoms with Gasteiger partial charge >= 0.3 is 11.9 Å². The summed E-state index contributed by atoms with van der Waals surface area (Å²) < 4.78 is 32.4. The minimum absolute atomic E-state index is 0.0474. The third kappa shape index (κ3) is 10.9. The van der Waals surface area contributed by atoms with Crippen molar-refractivity contribution in [3.8, 4) is 5.75 Å². The van der Waals surface area contributed by atoms with Gasteiger partial charge in [-0.3, -0.25) is 0 Å². The Hall–Kier alpha value is -4.50. The summed E-state index contributed by atoms with van der Waals surface area (Å²) in [5.74, 6) is -0.0843. The Morgan fingerprint density at radius 3 is 1.56 bits per heavy atom. The average molecular weight is 557 g/mol. The molecule has 8 heteroatoms. The number of benzene rings is 4. The number of carbonyl (C=O) groups is 2. The molecule has 0 saturated carbocycles. The molecule has 0 atom stereocenters. The van der Waals surface area contributed by atoms with E-state index in [1.54, 1.807) is 24.3 Å². The maximum absolute atomic E-state index is 12.0. The Morgan fingerprint density at radius 2 is 0.976 bits per heavy atom. The van der Waals surface area contributed by atoms with E-state index in [9.17, 15) is 9.59 Å². The zero-order valence-corrected chi connectivity index (χ0v) is 22.6. The molecular weight excluding hydrogens is 524 g/mol. The topological polar surface area (TPSA) is 89.5 Å². The summed E-state index contributed by atoms with van der Waals surface area (Å²) in [6.07, 6.45) is 0. The lowest BCUT2D eigenvalue weighted by Crippen LogP contribution is -2.14. The molecule has 8 nitrogen and oxygen atoms in total. The van der Waals surface area contributed by atoms with E-state index in [1.807, 2.05) is 84.9 Å². The second-order valence-electron chi connectivity index (χ2n) is 8.97. The summed E-state index contributed by atoms with van der Waals surface area (Å²) in [6.45, 7) is 0.959. The summed E-state index contributed by atoms with van der Waals surface area (Å²) in [5.41, 5.74) is 4.15. The molecular formula is C33H32O8. The Bertz CT molecular complexity index is 1320. The highest BCUT2D eigenvalue weighted by atomic mass is 16.7. The number of rotatable bonds is 16. The van der Waals surface area contributed by atoms with E-state index < -0.39 is 5.97 Å². The smallest absolute Gasteiger partial charge is 0.338 e. The van der Waals surface area contributed by atoms with Crippen LogP contribution in [0.15, 0.2) is 109 Å². The van der Waals surface area contributed by atoms with Crippen LogP contribution in [0.25, 0.3) is 0 Å². The minimum Gasteiger partial charge on any atom is -0.468 e. The molecule has 0 bridgehead atoms. The Kier molecular flexibility index (Phi) is 11.9. The van der Waals surface area contributed by atoms with Crippen molar-refractivity contribution in [3.05, 3.63) is 137 Å². The first kappa shape index (κ1) is 29.5. The third-order valence-corrected chi connectivity index (χ3v) is 5.80. The van der Waals surface area contributed by atoms with Gasteiger partial charge in [0.1, 0.15) is 32.4 Å². The Labute approximate surface area is 239 Å². The molecule has 0 radical (unpaired) electrons. The molecule has 41 heavy (non-hydrogen) atoms. The van der Waals surface area contributed by atoms with Crippen LogP contribution < -0.4 is 4.74 Å². The first-order chi connectivity index (χ1) is 20.2. The van der Waals surface area contributed by atoms with E-state index in [-0.39, 0.29) is 39.4 Å². The monoisotopic (exact) mass is 556 g/mol. The SMILES string of the molecule is O=C(COCOCc1ccc(COC(=O)c2ccccc2)cc1)OCc1ccc(COCOc2ccccc2)cc1. The molecule has 4 aromatic carbocycles. The molecule has 0 N–H and O–H groups in total. The molecule has 4 aromatic rings. The zero-order chi connectivity index (χ0) is 28.5. The van der Waals surface area contributed by atoms with Crippen LogP contribution in [0.1, 0.15) is 32.6 Å². The molecule has 0 saturated heterocycles. The van der Waals surface area contributed by atoms with Gasteiger partial charge in [0.15, 0.2) is 6.79 Å². The second kappa shape index (κ2) is 16.6. The second-order valence-corrected chi connectivity index (χ2v) is 8.97. The Morgan fingerprint density at radius 1 is 0.488 bits per heavy atom. The molecule has 0 spiro atoms. The van der Waals surface area contributed by atoms with Gasteiger partial charge in [0.2, 0.25) is 0 Å². The highest BCUT2D eigenvalue weighted by Gasteiger charge is 2.07. The van der Waals surface area contributed by atoms with Crippen LogP contribution in [0.5, 0.6) is 5.75 Å². The van der Waals surface area contributed by atoms with Gasteiger partial charge in [-0.05, 0) is 46.5 Å². The van der Waals surface area contributed by atoms with E-state index in [0.29, 0.717) is 18.8 Å². The standard InChI is InChI=1S/C33H32O8/c34-32(39-21-28-15-11-27(12-16-28)20-37-25-41-31-9-5-2-6-10-31)23-38-24-36-19-26-13-17-29(18-14-26)22-40-33(35)30-7-3-1-4-8-30/h1-18H,19-25H2. The highest BCUT2D eigenvalue weighted by Crippen LogP contribution is 2.11. The molecule has 0 unspecified atom stereocenters. The predicted molar refractivity (Wildman–Crippen MR) is 151 cm³/mol. The van der Waals surface area contributed by atoms with Crippen LogP contribution in [0.2, 0.25) is 0 Å². The maximum Gasteiger partial charge on any atom is 0.338 e. The van der Waals surface area contributed by atoms with Crippen molar-refractivity contribution in [1.29, 1.82) is 0 Å². The first-order valence-electron chi connectivity index (χ1n) is 13.1. The van der Waals surface area contributed by atoms with Gasteiger partial charge in [-0.1, -0.05) is 84.9 Å². The summed E-state index contributed by atoms with van der Waals surface area (Å²) in [7, 11) is 0. The van der Waals surface area contributed by atoms with Crippen molar-refractivity contribution < 1.29 is 38.0 Å². The highest BCUT2D eigenvalue weighted by molar-refractivity contribution is 5.89. The molecule has 0 aromatic heterocycles. The van der Waals surface area contributed by atoms with E-state index >= 15 is 0 Å². The normalized spacial score (nSPS) is 10.6. The molecule has 212 valence electrons. The molecule has 0 fully saturated rings. The van der Waals surface area contributed by atoms with E-state index in [4.69, 9.17) is 28.4 Å². The van der Waals surface area contributed by atoms with E-state index in [2.05, 4.69) is 0 Å². The van der Waals surface area contributed by atoms with Crippen LogP contribution in [-0.4, -0.2) is 32.1 Å². The summed E-state index contributed by atoms with van der Waals surface area (Å²) in [6, 6.07) is 33.4. The maximum atomic E-state index is 12.0. The number of esters is 2. The lowest BCUT2D eigenvalue weighted by Gasteiger charge is -2.09. The minimum atomic E-state index is -0.478. The summed E-state index contributed by atoms with van der Waals surface area (Å²) >= 11 is 0. The Balaban J connectivity index is 1.03. The van der Waals surface area contributed by atoms with Crippen LogP contribution in [0, 0.1) is 0 Å². The quantitative estimate of drug-likeness (QED) is 0.0968. The average Bonchev–Trinajstić information content (AvgIpc) is 3.03. The van der Waals surface area contributed by atoms with E-state index in [0.717, 1.165) is 28.0 Å². The molecule has 0 aliphatic rings. The van der Waals surface area contributed by atoms with Crippen LogP contribution in [0.4, 0.5) is 0 Å². The number of ether oxygens (including phenoxy) is 6. The molecule has 0 aliphatic carbocycles. The number of para-hydroxylation sites is 1. The largest absolute Gasteiger partial charge is 0.468 e. The van der Waals surface area contributed by atoms with Crippen molar-refractivity contribution in [2.24, 2.45) is 0 Å². The van der Waals surface area contributed by atoms with Gasteiger partial charge in [-0.25, -0.2) is 9.59 Å². The number of hydrogen-bond donors (Lipinski definition) is 0. The molecule has 0 heterocycles. The van der Waals surface area contributed by atoms with Gasteiger partial charge in [-0.15, -0.1) is 0 Å². The van der Waals surface area contributed by atoms with Gasteiger partial charge < -0.3 is 28.4 Å². The predicted octanol–water partition coefficient (Wildman–Crippen LogP) is 5.83. The van der Waals surface area contributed by atoms with Crippen LogP contribution in [0.3, 0.4) is 0 Å². The fourth-order valence-corrected chi connectivity index (χ4v) is 3.60. The van der Waals surface area contributed by atoms with Crippen molar-refractivity contribution in [2.75, 3.05) is 20.2 Å². The molecule has 0 amide bonds. The van der Waals surface area contributed by atoms with Crippen molar-refractivity contribution in [2.45, 2.75) is 26.4 Å².